The van der Waals surface area contributed by atoms with Crippen LogP contribution in [0.3, 0.4) is 0 Å². The summed E-state index contributed by atoms with van der Waals surface area (Å²) in [5.41, 5.74) is 10.5. The van der Waals surface area contributed by atoms with Crippen molar-refractivity contribution in [1.82, 2.24) is 0 Å². The van der Waals surface area contributed by atoms with Crippen molar-refractivity contribution >= 4 is 219 Å². The molecule has 0 atom stereocenters. The van der Waals surface area contributed by atoms with E-state index in [1.54, 1.807) is 34.2 Å². The van der Waals surface area contributed by atoms with E-state index in [0.717, 1.165) is 62.2 Å². The van der Waals surface area contributed by atoms with Crippen LogP contribution in [0.5, 0.6) is 0 Å². The van der Waals surface area contributed by atoms with Crippen LogP contribution in [0, 0.1) is 0 Å². The second-order valence-electron chi connectivity index (χ2n) is 32.8. The summed E-state index contributed by atoms with van der Waals surface area (Å²) in [6.07, 6.45) is 0. The first-order valence-corrected chi connectivity index (χ1v) is 78.0. The van der Waals surface area contributed by atoms with Gasteiger partial charge in [-0.05, 0) is 39.3 Å². The van der Waals surface area contributed by atoms with E-state index in [1.165, 1.54) is 0 Å². The fourth-order valence-electron chi connectivity index (χ4n) is 16.5. The molecular weight excluding hydrogens is 1970 g/mol. The van der Waals surface area contributed by atoms with Crippen LogP contribution in [0.4, 0.5) is 0 Å². The number of benzene rings is 12. The fourth-order valence-corrected chi connectivity index (χ4v) is 110. The van der Waals surface area contributed by atoms with Gasteiger partial charge in [-0.3, -0.25) is 0 Å². The van der Waals surface area contributed by atoms with E-state index >= 15 is 0 Å². The lowest BCUT2D eigenvalue weighted by atomic mass is 10.4. The molecule has 0 saturated carbocycles. The molecule has 9 aliphatic rings. The van der Waals surface area contributed by atoms with E-state index in [2.05, 4.69) is 39.5 Å². The fraction of sp³-hybridized carbons (Fsp3) is 0.0667. The summed E-state index contributed by atoms with van der Waals surface area (Å²) in [5.74, 6) is 0. The molecule has 12 aromatic rings. The van der Waals surface area contributed by atoms with Crippen LogP contribution in [-0.4, -0.2) is 157 Å². The molecule has 12 aromatic carbocycles. The SMILES string of the molecule is C=C[Si]1(C)O[Si@]2(c3ccccc3)O[Si@](c3ccccc3)(O1)O[Si@]1(c3ccccc3)O[Si](C)(C=C)O[Si@@](c3ccccc3)(O1)O2.C=C[Si]1(C)O[Si@]2(c3ccccc3)O[Si@](c3ccccc3)(O1)O[Si@]1(c3ccccc3)O[Si](C)(C=C)O[Si@@](c3ccccc3)(O1)O2.C=C[Si]1(C)O[Si@]2(c3ccccc3)O[Si@](c3ccccc3)(O1)O[Si@]1(c3ccccc3)O[Si](C)(C=C)O[Si@@](c3ccccc3)(O1)O2. The lowest BCUT2D eigenvalue weighted by Gasteiger charge is -2.58. The Hall–Kier alpha value is -7.98. The maximum atomic E-state index is 7.46. The summed E-state index contributed by atoms with van der Waals surface area (Å²) in [7, 11) is -67.2. The van der Waals surface area contributed by atoms with E-state index in [4.69, 9.17) is 98.8 Å². The first-order chi connectivity index (χ1) is 63.6. The maximum Gasteiger partial charge on any atom is 0.514 e. The summed E-state index contributed by atoms with van der Waals surface area (Å²) in [6.45, 7) is 36.6. The standard InChI is InChI=1S/3C30H32O8Si6/c3*1-5-39(3)31-41(27-19-11-7-12-20-27)35-42(32-39,28-21-13-8-14-22-28)38-44(30-25-17-10-18-26-30)34-40(4,6-2)33-43(36-44,37-41)29-23-15-9-16-24-29/h3*5-26H,1-2H2,3-4H3/t3*39?,40?,41-,42+,43+,44-. The highest BCUT2D eigenvalue weighted by Crippen LogP contribution is 2.49. The van der Waals surface area contributed by atoms with Crippen molar-refractivity contribution in [2.24, 2.45) is 0 Å². The third-order valence-electron chi connectivity index (χ3n) is 23.0. The molecule has 12 bridgehead atoms. The van der Waals surface area contributed by atoms with E-state index in [1.807, 2.05) is 403 Å². The Morgan fingerprint density at radius 2 is 0.189 bits per heavy atom. The average Bonchev–Trinajstić information content (AvgIpc) is 0.694. The summed E-state index contributed by atoms with van der Waals surface area (Å²) in [4.78, 5) is 0. The van der Waals surface area contributed by atoms with Gasteiger partial charge in [-0.1, -0.05) is 398 Å². The molecule has 0 aromatic heterocycles. The zero-order chi connectivity index (χ0) is 91.6. The molecular formula is C90H96O24Si18. The number of hydrogen-bond acceptors (Lipinski definition) is 24. The monoisotopic (exact) mass is 2060 g/mol. The first kappa shape index (κ1) is 93.1. The van der Waals surface area contributed by atoms with Gasteiger partial charge in [0.15, 0.2) is 0 Å². The number of rotatable bonds is 18. The highest BCUT2D eigenvalue weighted by Gasteiger charge is 2.83. The average molecular weight is 2070 g/mol. The normalized spacial score (nSPS) is 36.4. The Balaban J connectivity index is 0.000000128. The van der Waals surface area contributed by atoms with Gasteiger partial charge in [-0.25, -0.2) is 0 Å². The minimum absolute atomic E-state index is 0.748. The van der Waals surface area contributed by atoms with Crippen molar-refractivity contribution in [3.63, 3.8) is 0 Å². The molecule has 9 fully saturated rings. The van der Waals surface area contributed by atoms with Gasteiger partial charge in [0.1, 0.15) is 0 Å². The lowest BCUT2D eigenvalue weighted by Crippen LogP contribution is -2.90. The van der Waals surface area contributed by atoms with E-state index in [0.29, 0.717) is 0 Å². The smallest absolute Gasteiger partial charge is 0.388 e. The van der Waals surface area contributed by atoms with E-state index in [9.17, 15) is 0 Å². The molecule has 0 aliphatic carbocycles. The summed E-state index contributed by atoms with van der Waals surface area (Å²) >= 11 is 0. The molecule has 672 valence electrons. The molecule has 0 radical (unpaired) electrons. The van der Waals surface area contributed by atoms with Crippen molar-refractivity contribution in [3.05, 3.63) is 438 Å². The Morgan fingerprint density at radius 3 is 0.250 bits per heavy atom. The predicted molar refractivity (Wildman–Crippen MR) is 539 cm³/mol. The van der Waals surface area contributed by atoms with Gasteiger partial charge in [0.2, 0.25) is 0 Å². The van der Waals surface area contributed by atoms with Crippen LogP contribution >= 0.6 is 0 Å². The topological polar surface area (TPSA) is 222 Å². The molecule has 24 nitrogen and oxygen atoms in total. The minimum Gasteiger partial charge on any atom is -0.388 e. The molecule has 0 amide bonds. The molecule has 21 rings (SSSR count). The quantitative estimate of drug-likeness (QED) is 0.0730. The van der Waals surface area contributed by atoms with Crippen LogP contribution in [0.25, 0.3) is 0 Å². The maximum absolute atomic E-state index is 7.46. The van der Waals surface area contributed by atoms with Crippen molar-refractivity contribution in [2.45, 2.75) is 39.3 Å². The van der Waals surface area contributed by atoms with E-state index in [-0.39, 0.29) is 0 Å². The predicted octanol–water partition coefficient (Wildman–Crippen LogP) is 9.42. The zero-order valence-electron chi connectivity index (χ0n) is 73.1. The van der Waals surface area contributed by atoms with Crippen LogP contribution in [0.15, 0.2) is 438 Å². The molecule has 132 heavy (non-hydrogen) atoms. The molecule has 0 spiro atoms. The third kappa shape index (κ3) is 17.2. The molecule has 42 heteroatoms. The number of hydrogen-bond donors (Lipinski definition) is 0. The summed E-state index contributed by atoms with van der Waals surface area (Å²) in [5, 5.41) is 8.97. The largest absolute Gasteiger partial charge is 0.514 e. The van der Waals surface area contributed by atoms with Gasteiger partial charge >= 0.3 is 157 Å². The molecule has 9 aliphatic heterocycles. The van der Waals surface area contributed by atoms with Crippen molar-refractivity contribution in [1.29, 1.82) is 0 Å². The third-order valence-corrected chi connectivity index (χ3v) is 98.1. The van der Waals surface area contributed by atoms with Crippen LogP contribution in [-0.2, 0) is 98.8 Å². The van der Waals surface area contributed by atoms with E-state index < -0.39 is 157 Å². The molecule has 0 N–H and O–H groups in total. The highest BCUT2D eigenvalue weighted by molar-refractivity contribution is 7.14. The van der Waals surface area contributed by atoms with Gasteiger partial charge in [-0.2, -0.15) is 0 Å². The van der Waals surface area contributed by atoms with Crippen molar-refractivity contribution in [2.75, 3.05) is 0 Å². The van der Waals surface area contributed by atoms with Gasteiger partial charge in [0, 0.05) is 62.2 Å². The van der Waals surface area contributed by atoms with Gasteiger partial charge in [-0.15, -0.1) is 39.5 Å². The van der Waals surface area contributed by atoms with Crippen LogP contribution < -0.4 is 62.2 Å². The Labute approximate surface area is 788 Å². The van der Waals surface area contributed by atoms with Crippen molar-refractivity contribution in [3.8, 4) is 0 Å². The second kappa shape index (κ2) is 35.9. The Kier molecular flexibility index (Phi) is 25.3. The van der Waals surface area contributed by atoms with Crippen molar-refractivity contribution < 1.29 is 98.8 Å². The first-order valence-electron chi connectivity index (χ1n) is 42.9. The summed E-state index contributed by atoms with van der Waals surface area (Å²) in [6, 6.07) is 117. The van der Waals surface area contributed by atoms with Gasteiger partial charge in [0.05, 0.1) is 0 Å². The van der Waals surface area contributed by atoms with Gasteiger partial charge < -0.3 is 98.8 Å². The van der Waals surface area contributed by atoms with Crippen LogP contribution in [0.2, 0.25) is 39.3 Å². The Bertz CT molecular complexity index is 4920. The summed E-state index contributed by atoms with van der Waals surface area (Å²) < 4.78 is 173. The second-order valence-corrected chi connectivity index (χ2v) is 87.4. The lowest BCUT2D eigenvalue weighted by molar-refractivity contribution is 0.0492. The molecule has 9 heterocycles. The van der Waals surface area contributed by atoms with Crippen LogP contribution in [0.1, 0.15) is 0 Å². The zero-order valence-corrected chi connectivity index (χ0v) is 91.1. The highest BCUT2D eigenvalue weighted by atomic mass is 28.6. The Morgan fingerprint density at radius 1 is 0.121 bits per heavy atom. The minimum atomic E-state index is -3.98. The molecule has 9 saturated heterocycles. The number of fused-ring (bicyclic) bond motifs is 12. The molecule has 0 unspecified atom stereocenters. The van der Waals surface area contributed by atoms with Gasteiger partial charge in [0.25, 0.3) is 0 Å².